The maximum Gasteiger partial charge on any atom is 0.0273 e. The lowest BCUT2D eigenvalue weighted by atomic mass is 9.83. The first-order valence-electron chi connectivity index (χ1n) is 7.59. The van der Waals surface area contributed by atoms with Crippen LogP contribution in [0.3, 0.4) is 0 Å². The average molecular weight is 258 g/mol. The van der Waals surface area contributed by atoms with Gasteiger partial charge < -0.3 is 5.32 Å². The lowest BCUT2D eigenvalue weighted by molar-refractivity contribution is 0.394. The first-order chi connectivity index (χ1) is 9.25. The summed E-state index contributed by atoms with van der Waals surface area (Å²) in [6.07, 6.45) is 13.0. The molecule has 1 fully saturated rings. The van der Waals surface area contributed by atoms with Gasteiger partial charge in [-0.05, 0) is 36.5 Å². The van der Waals surface area contributed by atoms with Crippen LogP contribution in [0.2, 0.25) is 0 Å². The van der Waals surface area contributed by atoms with Gasteiger partial charge in [0.2, 0.25) is 0 Å². The normalized spacial score (nSPS) is 17.9. The van der Waals surface area contributed by atoms with E-state index in [1.165, 1.54) is 37.7 Å². The van der Waals surface area contributed by atoms with Gasteiger partial charge in [-0.25, -0.2) is 0 Å². The second kappa shape index (κ2) is 7.44. The van der Waals surface area contributed by atoms with E-state index >= 15 is 0 Å². The summed E-state index contributed by atoms with van der Waals surface area (Å²) in [7, 11) is 0. The van der Waals surface area contributed by atoms with Gasteiger partial charge in [0.1, 0.15) is 0 Å². The van der Waals surface area contributed by atoms with Gasteiger partial charge in [-0.15, -0.1) is 0 Å². The lowest BCUT2D eigenvalue weighted by Gasteiger charge is -2.25. The first kappa shape index (κ1) is 14.3. The molecule has 1 aromatic heterocycles. The summed E-state index contributed by atoms with van der Waals surface area (Å²) >= 11 is 0. The Morgan fingerprint density at radius 2 is 1.95 bits per heavy atom. The Bertz CT molecular complexity index is 389. The predicted octanol–water partition coefficient (Wildman–Crippen LogP) is 4.04. The van der Waals surface area contributed by atoms with Crippen molar-refractivity contribution in [2.45, 2.75) is 52.0 Å². The Balaban J connectivity index is 2.10. The van der Waals surface area contributed by atoms with Gasteiger partial charge in [0.05, 0.1) is 0 Å². The summed E-state index contributed by atoms with van der Waals surface area (Å²) in [5.41, 5.74) is 2.85. The van der Waals surface area contributed by atoms with Crippen molar-refractivity contribution in [1.82, 2.24) is 10.3 Å². The van der Waals surface area contributed by atoms with Crippen molar-refractivity contribution in [3.05, 3.63) is 35.7 Å². The zero-order chi connectivity index (χ0) is 13.5. The van der Waals surface area contributed by atoms with E-state index in [9.17, 15) is 0 Å². The second-order valence-corrected chi connectivity index (χ2v) is 5.87. The summed E-state index contributed by atoms with van der Waals surface area (Å²) in [6.45, 7) is 5.44. The molecule has 2 heteroatoms. The van der Waals surface area contributed by atoms with E-state index in [0.717, 1.165) is 12.5 Å². The maximum absolute atomic E-state index is 4.09. The van der Waals surface area contributed by atoms with Gasteiger partial charge >= 0.3 is 0 Å². The number of rotatable bonds is 5. The van der Waals surface area contributed by atoms with Crippen LogP contribution in [0.15, 0.2) is 30.1 Å². The molecule has 0 aromatic carbocycles. The molecule has 1 saturated carbocycles. The molecule has 1 aliphatic rings. The highest BCUT2D eigenvalue weighted by molar-refractivity contribution is 5.53. The molecule has 0 atom stereocenters. The topological polar surface area (TPSA) is 24.9 Å². The van der Waals surface area contributed by atoms with Crippen LogP contribution in [0.5, 0.6) is 0 Å². The zero-order valence-electron chi connectivity index (χ0n) is 12.2. The van der Waals surface area contributed by atoms with E-state index in [4.69, 9.17) is 0 Å². The van der Waals surface area contributed by atoms with Crippen LogP contribution in [0.1, 0.15) is 51.5 Å². The molecule has 1 aliphatic carbocycles. The fourth-order valence-electron chi connectivity index (χ4n) is 2.78. The Morgan fingerprint density at radius 3 is 2.58 bits per heavy atom. The number of hydrogen-bond acceptors (Lipinski definition) is 2. The van der Waals surface area contributed by atoms with Crippen molar-refractivity contribution >= 4 is 6.08 Å². The van der Waals surface area contributed by atoms with E-state index in [-0.39, 0.29) is 0 Å². The lowest BCUT2D eigenvalue weighted by Crippen LogP contribution is -2.27. The average Bonchev–Trinajstić information content (AvgIpc) is 2.45. The van der Waals surface area contributed by atoms with E-state index in [1.54, 1.807) is 5.57 Å². The molecule has 2 nitrogen and oxygen atoms in total. The van der Waals surface area contributed by atoms with Crippen LogP contribution < -0.4 is 5.32 Å². The summed E-state index contributed by atoms with van der Waals surface area (Å²) in [6, 6.07) is 4.74. The van der Waals surface area contributed by atoms with Crippen LogP contribution >= 0.6 is 0 Å². The zero-order valence-corrected chi connectivity index (χ0v) is 12.2. The number of pyridine rings is 1. The Kier molecular flexibility index (Phi) is 5.59. The van der Waals surface area contributed by atoms with Gasteiger partial charge in [0.15, 0.2) is 0 Å². The minimum Gasteiger partial charge on any atom is -0.311 e. The van der Waals surface area contributed by atoms with Crippen LogP contribution in [0.4, 0.5) is 0 Å². The van der Waals surface area contributed by atoms with E-state index in [1.807, 2.05) is 12.4 Å². The van der Waals surface area contributed by atoms with Crippen molar-refractivity contribution in [1.29, 1.82) is 0 Å². The molecule has 2 rings (SSSR count). The van der Waals surface area contributed by atoms with Crippen LogP contribution in [-0.2, 0) is 0 Å². The van der Waals surface area contributed by atoms with Crippen LogP contribution in [0.25, 0.3) is 6.08 Å². The third-order valence-electron chi connectivity index (χ3n) is 3.90. The molecule has 0 amide bonds. The highest BCUT2D eigenvalue weighted by Gasteiger charge is 2.17. The van der Waals surface area contributed by atoms with Gasteiger partial charge in [-0.1, -0.05) is 44.8 Å². The number of nitrogens with one attached hydrogen (secondary N) is 1. The smallest absolute Gasteiger partial charge is 0.0273 e. The van der Waals surface area contributed by atoms with E-state index in [2.05, 4.69) is 42.4 Å². The largest absolute Gasteiger partial charge is 0.311 e. The molecule has 0 unspecified atom stereocenters. The SMILES string of the molecule is CC(C)NCC(=Cc1ccncc1)C1CCCCC1. The number of nitrogens with zero attached hydrogens (tertiary/aromatic N) is 1. The Hall–Kier alpha value is -1.15. The van der Waals surface area contributed by atoms with E-state index < -0.39 is 0 Å². The molecule has 104 valence electrons. The molecule has 1 aromatic rings. The minimum atomic E-state index is 0.546. The van der Waals surface area contributed by atoms with Crippen molar-refractivity contribution in [3.63, 3.8) is 0 Å². The third-order valence-corrected chi connectivity index (χ3v) is 3.90. The molecule has 0 bridgehead atoms. The highest BCUT2D eigenvalue weighted by atomic mass is 14.9. The molecule has 1 N–H and O–H groups in total. The predicted molar refractivity (Wildman–Crippen MR) is 81.9 cm³/mol. The van der Waals surface area contributed by atoms with Crippen LogP contribution in [0, 0.1) is 5.92 Å². The minimum absolute atomic E-state index is 0.546. The number of hydrogen-bond donors (Lipinski definition) is 1. The Labute approximate surface area is 117 Å². The van der Waals surface area contributed by atoms with E-state index in [0.29, 0.717) is 6.04 Å². The standard InChI is InChI=1S/C17H26N2/c1-14(2)19-13-17(16-6-4-3-5-7-16)12-15-8-10-18-11-9-15/h8-12,14,16,19H,3-7,13H2,1-2H3. The fraction of sp³-hybridized carbons (Fsp3) is 0.588. The molecule has 0 saturated heterocycles. The summed E-state index contributed by atoms with van der Waals surface area (Å²) in [5.74, 6) is 0.771. The highest BCUT2D eigenvalue weighted by Crippen LogP contribution is 2.30. The summed E-state index contributed by atoms with van der Waals surface area (Å²) in [5, 5.41) is 3.58. The van der Waals surface area contributed by atoms with Crippen molar-refractivity contribution in [3.8, 4) is 0 Å². The van der Waals surface area contributed by atoms with Crippen molar-refractivity contribution in [2.75, 3.05) is 6.54 Å². The van der Waals surface area contributed by atoms with Crippen molar-refractivity contribution < 1.29 is 0 Å². The fourth-order valence-corrected chi connectivity index (χ4v) is 2.78. The molecular weight excluding hydrogens is 232 g/mol. The summed E-state index contributed by atoms with van der Waals surface area (Å²) in [4.78, 5) is 4.09. The third kappa shape index (κ3) is 4.79. The molecular formula is C17H26N2. The first-order valence-corrected chi connectivity index (χ1v) is 7.59. The van der Waals surface area contributed by atoms with Gasteiger partial charge in [-0.2, -0.15) is 0 Å². The van der Waals surface area contributed by atoms with Gasteiger partial charge in [0, 0.05) is 25.0 Å². The second-order valence-electron chi connectivity index (χ2n) is 5.87. The number of aromatic nitrogens is 1. The molecule has 1 heterocycles. The van der Waals surface area contributed by atoms with Gasteiger partial charge in [0.25, 0.3) is 0 Å². The van der Waals surface area contributed by atoms with Crippen LogP contribution in [-0.4, -0.2) is 17.6 Å². The monoisotopic (exact) mass is 258 g/mol. The maximum atomic E-state index is 4.09. The molecule has 0 aliphatic heterocycles. The molecule has 0 radical (unpaired) electrons. The molecule has 19 heavy (non-hydrogen) atoms. The molecule has 0 spiro atoms. The Morgan fingerprint density at radius 1 is 1.26 bits per heavy atom. The quantitative estimate of drug-likeness (QED) is 0.862. The van der Waals surface area contributed by atoms with Crippen molar-refractivity contribution in [2.24, 2.45) is 5.92 Å². The summed E-state index contributed by atoms with van der Waals surface area (Å²) < 4.78 is 0. The van der Waals surface area contributed by atoms with Gasteiger partial charge in [-0.3, -0.25) is 4.98 Å².